The molecule has 1 fully saturated rings. The number of aliphatic imine (C=N–C) groups is 1. The summed E-state index contributed by atoms with van der Waals surface area (Å²) in [6.45, 7) is 3.42. The zero-order valence-electron chi connectivity index (χ0n) is 27.0. The van der Waals surface area contributed by atoms with E-state index in [-0.39, 0.29) is 29.5 Å². The summed E-state index contributed by atoms with van der Waals surface area (Å²) in [6, 6.07) is 11.3. The number of pyridine rings is 1. The Morgan fingerprint density at radius 1 is 1.15 bits per heavy atom. The van der Waals surface area contributed by atoms with Gasteiger partial charge in [-0.2, -0.15) is 5.10 Å². The highest BCUT2D eigenvalue weighted by Crippen LogP contribution is 2.48. The van der Waals surface area contributed by atoms with Crippen LogP contribution in [0.4, 0.5) is 11.4 Å². The summed E-state index contributed by atoms with van der Waals surface area (Å²) < 4.78 is 2.15. The Labute approximate surface area is 272 Å². The first kappa shape index (κ1) is 32.7. The van der Waals surface area contributed by atoms with E-state index in [1.54, 1.807) is 45.4 Å². The molecule has 6 N–H and O–H groups in total. The molecule has 1 saturated heterocycles. The Morgan fingerprint density at radius 2 is 1.85 bits per heavy atom. The number of nitrogens with one attached hydrogen (secondary N) is 1. The van der Waals surface area contributed by atoms with E-state index in [2.05, 4.69) is 37.9 Å². The average Bonchev–Trinajstić information content (AvgIpc) is 3.51. The van der Waals surface area contributed by atoms with Crippen LogP contribution in [0.3, 0.4) is 0 Å². The van der Waals surface area contributed by atoms with Crippen LogP contribution in [0.1, 0.15) is 53.7 Å². The molecule has 236 valence electrons. The number of rotatable bonds is 8. The number of para-hydroxylation sites is 1. The lowest BCUT2D eigenvalue weighted by Crippen LogP contribution is -2.51. The van der Waals surface area contributed by atoms with E-state index in [0.717, 1.165) is 47.3 Å². The Morgan fingerprint density at radius 3 is 2.50 bits per heavy atom. The zero-order valence-corrected chi connectivity index (χ0v) is 27.0. The highest BCUT2D eigenvalue weighted by atomic mass is 16.2. The van der Waals surface area contributed by atoms with Gasteiger partial charge in [0.2, 0.25) is 0 Å². The molecule has 5 rings (SSSR count). The molecule has 4 radical (unpaired) electrons. The van der Waals surface area contributed by atoms with Crippen LogP contribution in [0, 0.1) is 0 Å². The summed E-state index contributed by atoms with van der Waals surface area (Å²) in [5.74, 6) is 0.0567. The maximum absolute atomic E-state index is 12.5. The molecule has 1 unspecified atom stereocenters. The third-order valence-electron chi connectivity index (χ3n) is 8.88. The van der Waals surface area contributed by atoms with Crippen molar-refractivity contribution in [3.8, 4) is 11.1 Å². The molecule has 12 nitrogen and oxygen atoms in total. The summed E-state index contributed by atoms with van der Waals surface area (Å²) in [5, 5.41) is 16.5. The summed E-state index contributed by atoms with van der Waals surface area (Å²) in [6.07, 6.45) is 5.91. The summed E-state index contributed by atoms with van der Waals surface area (Å²) in [5.41, 5.74) is 18.3. The number of anilines is 2. The van der Waals surface area contributed by atoms with Crippen molar-refractivity contribution in [2.24, 2.45) is 16.5 Å². The molecule has 2 aliphatic heterocycles. The van der Waals surface area contributed by atoms with Gasteiger partial charge in [0, 0.05) is 51.1 Å². The van der Waals surface area contributed by atoms with Crippen molar-refractivity contribution in [2.75, 3.05) is 51.5 Å². The maximum atomic E-state index is 12.5. The molecule has 1 aromatic carbocycles. The minimum Gasteiger partial charge on any atom is -0.513 e. The Balaban J connectivity index is 1.40. The van der Waals surface area contributed by atoms with Gasteiger partial charge in [0.1, 0.15) is 17.8 Å². The number of amidine groups is 1. The standard InChI is InChI=1S/C32H40B2N10O2/c1-19-29-22(21-8-6-9-24(30(21)42(19)5)39-26(23(35)18-45)16-28(36)37-2)17-38-44(29)20-12-14-43(15-13-20)32(33,34)27-11-7-10-25(40-27)31(46)41(3)4/h6-11,16-20,39,45H,12-15,35H2,1-5H3,(H2,36,37)/b23-18+,26-16+. The predicted molar refractivity (Wildman–Crippen MR) is 184 cm³/mol. The number of likely N-dealkylation sites (tertiary alicyclic amines) is 1. The van der Waals surface area contributed by atoms with Crippen LogP contribution >= 0.6 is 0 Å². The van der Waals surface area contributed by atoms with Gasteiger partial charge in [0.15, 0.2) is 0 Å². The summed E-state index contributed by atoms with van der Waals surface area (Å²) in [7, 11) is 20.3. The van der Waals surface area contributed by atoms with Crippen LogP contribution in [0.25, 0.3) is 11.1 Å². The van der Waals surface area contributed by atoms with Crippen molar-refractivity contribution in [2.45, 2.75) is 37.2 Å². The molecule has 46 heavy (non-hydrogen) atoms. The number of carbonyl (C=O) groups is 1. The molecular formula is C32H40B2N10O2. The number of carbonyl (C=O) groups excluding carboxylic acids is 1. The first-order chi connectivity index (χ1) is 21.9. The molecular weight excluding hydrogens is 578 g/mol. The number of piperidine rings is 1. The fraction of sp³-hybridized carbons (Fsp3) is 0.375. The first-order valence-electron chi connectivity index (χ1n) is 15.2. The van der Waals surface area contributed by atoms with Gasteiger partial charge < -0.3 is 36.6 Å². The van der Waals surface area contributed by atoms with Crippen LogP contribution in [0.2, 0.25) is 0 Å². The number of aliphatic hydroxyl groups excluding tert-OH is 1. The molecule has 3 aromatic rings. The van der Waals surface area contributed by atoms with Crippen molar-refractivity contribution in [1.29, 1.82) is 0 Å². The number of benzene rings is 1. The molecule has 4 heterocycles. The highest BCUT2D eigenvalue weighted by Gasteiger charge is 2.37. The van der Waals surface area contributed by atoms with Crippen molar-refractivity contribution in [1.82, 2.24) is 24.6 Å². The second-order valence-corrected chi connectivity index (χ2v) is 11.9. The largest absolute Gasteiger partial charge is 0.513 e. The van der Waals surface area contributed by atoms with Crippen molar-refractivity contribution in [3.05, 3.63) is 83.4 Å². The first-order valence-corrected chi connectivity index (χ1v) is 15.2. The third-order valence-corrected chi connectivity index (χ3v) is 8.88. The molecule has 0 spiro atoms. The van der Waals surface area contributed by atoms with E-state index in [4.69, 9.17) is 32.3 Å². The van der Waals surface area contributed by atoms with Crippen molar-refractivity contribution < 1.29 is 9.90 Å². The van der Waals surface area contributed by atoms with Gasteiger partial charge in [-0.15, -0.1) is 0 Å². The number of amides is 1. The highest BCUT2D eigenvalue weighted by molar-refractivity contribution is 6.39. The monoisotopic (exact) mass is 618 g/mol. The Bertz CT molecular complexity index is 1710. The van der Waals surface area contributed by atoms with Crippen molar-refractivity contribution in [3.63, 3.8) is 0 Å². The Kier molecular flexibility index (Phi) is 9.20. The number of fused-ring (bicyclic) bond motifs is 3. The number of aliphatic hydroxyl groups is 1. The number of hydrogen-bond acceptors (Lipinski definition) is 9. The average molecular weight is 618 g/mol. The molecule has 2 aliphatic rings. The van der Waals surface area contributed by atoms with Gasteiger partial charge in [-0.05, 0) is 56.4 Å². The topological polar surface area (TPSA) is 154 Å². The summed E-state index contributed by atoms with van der Waals surface area (Å²) >= 11 is 0. The minimum atomic E-state index is -1.33. The normalized spacial score (nSPS) is 18.2. The number of aromatic nitrogens is 3. The lowest BCUT2D eigenvalue weighted by molar-refractivity contribution is 0.0820. The van der Waals surface area contributed by atoms with E-state index in [9.17, 15) is 9.90 Å². The fourth-order valence-corrected chi connectivity index (χ4v) is 6.17. The van der Waals surface area contributed by atoms with E-state index in [0.29, 0.717) is 30.2 Å². The minimum absolute atomic E-state index is 0.00399. The van der Waals surface area contributed by atoms with E-state index >= 15 is 0 Å². The zero-order chi connectivity index (χ0) is 33.3. The molecule has 0 aliphatic carbocycles. The second kappa shape index (κ2) is 13.0. The molecule has 1 amide bonds. The van der Waals surface area contributed by atoms with Crippen LogP contribution in [-0.4, -0.2) is 98.4 Å². The maximum Gasteiger partial charge on any atom is 0.271 e. The number of nitrogens with two attached hydrogens (primary N) is 2. The van der Waals surface area contributed by atoms with Crippen LogP contribution in [0.15, 0.2) is 71.3 Å². The van der Waals surface area contributed by atoms with E-state index in [1.807, 2.05) is 30.3 Å². The fourth-order valence-electron chi connectivity index (χ4n) is 6.17. The van der Waals surface area contributed by atoms with Crippen LogP contribution in [-0.2, 0) is 5.34 Å². The Hall–Kier alpha value is -4.71. The van der Waals surface area contributed by atoms with Crippen LogP contribution < -0.4 is 21.7 Å². The van der Waals surface area contributed by atoms with Gasteiger partial charge in [0.25, 0.3) is 5.91 Å². The number of hydrogen-bond donors (Lipinski definition) is 4. The third kappa shape index (κ3) is 5.96. The molecule has 1 atom stereocenters. The molecule has 0 bridgehead atoms. The van der Waals surface area contributed by atoms with E-state index < -0.39 is 5.34 Å². The quantitative estimate of drug-likeness (QED) is 0.0981. The summed E-state index contributed by atoms with van der Waals surface area (Å²) in [4.78, 5) is 26.7. The predicted octanol–water partition coefficient (Wildman–Crippen LogP) is 2.58. The van der Waals surface area contributed by atoms with Gasteiger partial charge in [-0.25, -0.2) is 4.98 Å². The molecule has 14 heteroatoms. The van der Waals surface area contributed by atoms with Crippen LogP contribution in [0.5, 0.6) is 0 Å². The van der Waals surface area contributed by atoms with Gasteiger partial charge in [0.05, 0.1) is 62.4 Å². The number of nitrogens with zero attached hydrogens (tertiary/aromatic N) is 7. The molecule has 0 saturated carbocycles. The van der Waals surface area contributed by atoms with Gasteiger partial charge >= 0.3 is 0 Å². The second-order valence-electron chi connectivity index (χ2n) is 11.9. The lowest BCUT2D eigenvalue weighted by atomic mass is 9.58. The van der Waals surface area contributed by atoms with Gasteiger partial charge in [-0.1, -0.05) is 18.2 Å². The lowest BCUT2D eigenvalue weighted by Gasteiger charge is -2.44. The van der Waals surface area contributed by atoms with Gasteiger partial charge in [-0.3, -0.25) is 14.5 Å². The smallest absolute Gasteiger partial charge is 0.271 e. The SMILES string of the molecule is [B]C([B])(c1cccc(C(=O)N(C)C)n1)N1CCC(n2ncc3c2C(C)N(C)c2c(NC(=C/C(N)=NC)/C(N)=C\O)cccc2-3)CC1. The van der Waals surface area contributed by atoms with E-state index in [1.165, 1.54) is 4.90 Å². The molecule has 2 aromatic heterocycles. The van der Waals surface area contributed by atoms with Crippen molar-refractivity contribution >= 4 is 38.8 Å².